The van der Waals surface area contributed by atoms with Crippen LogP contribution >= 0.6 is 0 Å². The average Bonchev–Trinajstić information content (AvgIpc) is 3.19. The van der Waals surface area contributed by atoms with Crippen molar-refractivity contribution in [3.8, 4) is 0 Å². The van der Waals surface area contributed by atoms with E-state index in [4.69, 9.17) is 4.98 Å². The van der Waals surface area contributed by atoms with E-state index in [1.54, 1.807) is 0 Å². The Morgan fingerprint density at radius 3 is 2.50 bits per heavy atom. The summed E-state index contributed by atoms with van der Waals surface area (Å²) < 4.78 is 4.39. The van der Waals surface area contributed by atoms with E-state index in [0.717, 1.165) is 12.3 Å². The molecule has 136 valence electrons. The molecule has 1 atom stereocenters. The molecular weight excluding hydrogens is 320 g/mol. The number of aryl methyl sites for hydroxylation is 2. The molecule has 4 heterocycles. The fourth-order valence-electron chi connectivity index (χ4n) is 5.47. The fraction of sp³-hybridized carbons (Fsp3) is 0.500. The number of benzene rings is 1. The molecule has 1 unspecified atom stereocenters. The Morgan fingerprint density at radius 2 is 1.77 bits per heavy atom. The van der Waals surface area contributed by atoms with Gasteiger partial charge in [0.2, 0.25) is 5.78 Å². The van der Waals surface area contributed by atoms with Gasteiger partial charge in [0.25, 0.3) is 0 Å². The monoisotopic (exact) mass is 348 g/mol. The van der Waals surface area contributed by atoms with Gasteiger partial charge in [0, 0.05) is 30.5 Å². The molecule has 1 aromatic carbocycles. The third-order valence-corrected chi connectivity index (χ3v) is 8.02. The van der Waals surface area contributed by atoms with Crippen LogP contribution in [0.3, 0.4) is 0 Å². The topological polar surface area (TPSA) is 25.5 Å². The van der Waals surface area contributed by atoms with Gasteiger partial charge >= 0.3 is 0 Å². The summed E-state index contributed by atoms with van der Waals surface area (Å²) in [5.41, 5.74) is 6.72. The molecule has 2 aliphatic heterocycles. The zero-order valence-corrected chi connectivity index (χ0v) is 16.9. The molecule has 2 aliphatic rings. The van der Waals surface area contributed by atoms with Gasteiger partial charge in [-0.3, -0.25) is 4.40 Å². The van der Waals surface area contributed by atoms with Crippen molar-refractivity contribution in [3.63, 3.8) is 0 Å². The van der Waals surface area contributed by atoms with E-state index in [2.05, 4.69) is 93.1 Å². The molecule has 0 N–H and O–H groups in total. The summed E-state index contributed by atoms with van der Waals surface area (Å²) in [6.45, 7) is 15.2. The molecule has 0 saturated heterocycles. The number of fused-ring (bicyclic) bond motifs is 7. The zero-order valence-electron chi connectivity index (χ0n) is 16.9. The van der Waals surface area contributed by atoms with E-state index >= 15 is 0 Å². The smallest absolute Gasteiger partial charge is 0.214 e. The Morgan fingerprint density at radius 1 is 1.04 bits per heavy atom. The molecule has 0 radical (unpaired) electrons. The molecule has 5 rings (SSSR count). The first-order valence-electron chi connectivity index (χ1n) is 9.53. The van der Waals surface area contributed by atoms with Gasteiger partial charge in [-0.1, -0.05) is 45.9 Å². The Kier molecular flexibility index (Phi) is 2.68. The van der Waals surface area contributed by atoms with Crippen LogP contribution < -0.4 is 4.90 Å². The zero-order chi connectivity index (χ0) is 18.6. The quantitative estimate of drug-likeness (QED) is 0.596. The standard InChI is InChI=1S/C22H28N4/c1-14-9-8-10-15-17(14)26-13-16-18(23-19-24(7)11-12-25(16)19)22(26,6)21(4,5)20(15,2)3/h8-12H,13H2,1-7H3. The van der Waals surface area contributed by atoms with E-state index in [1.807, 2.05) is 0 Å². The molecule has 2 aromatic heterocycles. The first-order chi connectivity index (χ1) is 12.1. The highest BCUT2D eigenvalue weighted by Gasteiger charge is 2.63. The van der Waals surface area contributed by atoms with E-state index < -0.39 is 0 Å². The Labute approximate surface area is 155 Å². The highest BCUT2D eigenvalue weighted by Crippen LogP contribution is 2.64. The molecule has 0 spiro atoms. The van der Waals surface area contributed by atoms with Crippen LogP contribution in [-0.4, -0.2) is 14.0 Å². The van der Waals surface area contributed by atoms with Gasteiger partial charge in [-0.2, -0.15) is 0 Å². The van der Waals surface area contributed by atoms with Crippen molar-refractivity contribution in [1.29, 1.82) is 0 Å². The second-order valence-corrected chi connectivity index (χ2v) is 9.37. The molecule has 0 bridgehead atoms. The number of para-hydroxylation sites is 1. The SMILES string of the molecule is Cc1cccc2c1N1Cc3c(nc4n(C)ccn34)C1(C)C(C)(C)C2(C)C. The van der Waals surface area contributed by atoms with Crippen LogP contribution in [0.15, 0.2) is 30.6 Å². The van der Waals surface area contributed by atoms with Gasteiger partial charge in [-0.15, -0.1) is 0 Å². The van der Waals surface area contributed by atoms with Crippen molar-refractivity contribution >= 4 is 11.5 Å². The van der Waals surface area contributed by atoms with Crippen molar-refractivity contribution in [3.05, 3.63) is 53.1 Å². The third-order valence-electron chi connectivity index (χ3n) is 8.02. The van der Waals surface area contributed by atoms with Crippen molar-refractivity contribution in [2.75, 3.05) is 4.90 Å². The van der Waals surface area contributed by atoms with Crippen LogP contribution in [0, 0.1) is 12.3 Å². The highest BCUT2D eigenvalue weighted by atomic mass is 15.3. The van der Waals surface area contributed by atoms with E-state index in [0.29, 0.717) is 0 Å². The third kappa shape index (κ3) is 1.44. The Hall–Kier alpha value is -2.23. The Balaban J connectivity index is 1.89. The lowest BCUT2D eigenvalue weighted by Gasteiger charge is -2.61. The summed E-state index contributed by atoms with van der Waals surface area (Å²) in [7, 11) is 2.08. The number of imidazole rings is 2. The average molecular weight is 348 g/mol. The van der Waals surface area contributed by atoms with Crippen LogP contribution in [0.2, 0.25) is 0 Å². The number of nitrogens with zero attached hydrogens (tertiary/aromatic N) is 4. The maximum absolute atomic E-state index is 5.16. The van der Waals surface area contributed by atoms with Crippen LogP contribution in [-0.2, 0) is 24.5 Å². The maximum Gasteiger partial charge on any atom is 0.214 e. The molecule has 0 aliphatic carbocycles. The van der Waals surface area contributed by atoms with Gasteiger partial charge in [0.05, 0.1) is 23.5 Å². The lowest BCUT2D eigenvalue weighted by atomic mass is 9.52. The summed E-state index contributed by atoms with van der Waals surface area (Å²) >= 11 is 0. The van der Waals surface area contributed by atoms with Crippen molar-refractivity contribution in [2.24, 2.45) is 12.5 Å². The summed E-state index contributed by atoms with van der Waals surface area (Å²) in [4.78, 5) is 7.78. The van der Waals surface area contributed by atoms with Crippen molar-refractivity contribution in [2.45, 2.75) is 59.0 Å². The van der Waals surface area contributed by atoms with Crippen LogP contribution in [0.1, 0.15) is 57.1 Å². The maximum atomic E-state index is 5.16. The minimum Gasteiger partial charge on any atom is -0.353 e. The fourth-order valence-corrected chi connectivity index (χ4v) is 5.47. The molecule has 0 amide bonds. The first-order valence-corrected chi connectivity index (χ1v) is 9.53. The van der Waals surface area contributed by atoms with Crippen LogP contribution in [0.5, 0.6) is 0 Å². The molecule has 4 nitrogen and oxygen atoms in total. The van der Waals surface area contributed by atoms with Crippen molar-refractivity contribution < 1.29 is 0 Å². The van der Waals surface area contributed by atoms with Gasteiger partial charge in [0.15, 0.2) is 0 Å². The summed E-state index contributed by atoms with van der Waals surface area (Å²) in [5, 5.41) is 0. The highest BCUT2D eigenvalue weighted by molar-refractivity contribution is 5.70. The number of anilines is 1. The summed E-state index contributed by atoms with van der Waals surface area (Å²) in [6, 6.07) is 6.78. The van der Waals surface area contributed by atoms with Crippen molar-refractivity contribution in [1.82, 2.24) is 14.0 Å². The minimum atomic E-state index is -0.142. The molecule has 4 heteroatoms. The van der Waals surface area contributed by atoms with Crippen LogP contribution in [0.25, 0.3) is 5.78 Å². The normalized spacial score (nSPS) is 25.3. The van der Waals surface area contributed by atoms with E-state index in [9.17, 15) is 0 Å². The lowest BCUT2D eigenvalue weighted by Crippen LogP contribution is -2.61. The Bertz CT molecular complexity index is 1070. The van der Waals surface area contributed by atoms with Gasteiger partial charge < -0.3 is 9.47 Å². The second kappa shape index (κ2) is 4.36. The van der Waals surface area contributed by atoms with E-state index in [-0.39, 0.29) is 16.4 Å². The van der Waals surface area contributed by atoms with E-state index in [1.165, 1.54) is 28.2 Å². The lowest BCUT2D eigenvalue weighted by molar-refractivity contribution is 0.0659. The number of hydrogen-bond acceptors (Lipinski definition) is 2. The largest absolute Gasteiger partial charge is 0.353 e. The van der Waals surface area contributed by atoms with Gasteiger partial charge in [-0.25, -0.2) is 4.98 Å². The number of hydrogen-bond donors (Lipinski definition) is 0. The molecule has 0 fully saturated rings. The summed E-state index contributed by atoms with van der Waals surface area (Å²) in [6.07, 6.45) is 4.25. The van der Waals surface area contributed by atoms with Crippen LogP contribution in [0.4, 0.5) is 5.69 Å². The molecular formula is C22H28N4. The molecule has 26 heavy (non-hydrogen) atoms. The predicted molar refractivity (Wildman–Crippen MR) is 106 cm³/mol. The second-order valence-electron chi connectivity index (χ2n) is 9.37. The number of aromatic nitrogens is 3. The summed E-state index contributed by atoms with van der Waals surface area (Å²) in [5.74, 6) is 1.04. The predicted octanol–water partition coefficient (Wildman–Crippen LogP) is 4.53. The first kappa shape index (κ1) is 16.0. The van der Waals surface area contributed by atoms with Gasteiger partial charge in [0.1, 0.15) is 0 Å². The molecule has 3 aromatic rings. The van der Waals surface area contributed by atoms with Gasteiger partial charge in [-0.05, 0) is 30.4 Å². The number of rotatable bonds is 0. The minimum absolute atomic E-state index is 0.0178. The molecule has 0 saturated carbocycles.